The predicted octanol–water partition coefficient (Wildman–Crippen LogP) is 8.23. The second kappa shape index (κ2) is 12.1. The van der Waals surface area contributed by atoms with Crippen molar-refractivity contribution in [3.63, 3.8) is 0 Å². The Morgan fingerprint density at radius 2 is 1.61 bits per heavy atom. The number of carbonyl (C=O) groups is 1. The molecule has 0 saturated heterocycles. The Hall–Kier alpha value is -4.05. The van der Waals surface area contributed by atoms with Crippen LogP contribution in [0.1, 0.15) is 37.8 Å². The SMILES string of the molecule is CCCCc1cc2ccccc2c(Oc2ccc(C=CC(=O)OCC)cc2)c1-c1ccc(OC)cc1. The molecule has 0 atom stereocenters. The third-order valence-corrected chi connectivity index (χ3v) is 6.06. The van der Waals surface area contributed by atoms with Crippen LogP contribution in [0.4, 0.5) is 0 Å². The summed E-state index contributed by atoms with van der Waals surface area (Å²) in [5, 5.41) is 2.22. The van der Waals surface area contributed by atoms with E-state index in [1.54, 1.807) is 20.1 Å². The van der Waals surface area contributed by atoms with E-state index in [9.17, 15) is 4.79 Å². The molecule has 0 amide bonds. The van der Waals surface area contributed by atoms with Crippen LogP contribution >= 0.6 is 0 Å². The minimum Gasteiger partial charge on any atom is -0.497 e. The van der Waals surface area contributed by atoms with Crippen LogP contribution in [-0.4, -0.2) is 19.7 Å². The Morgan fingerprint density at radius 3 is 2.31 bits per heavy atom. The van der Waals surface area contributed by atoms with Crippen molar-refractivity contribution in [3.8, 4) is 28.4 Å². The standard InChI is InChI=1S/C32H32O4/c1-4-6-9-26-22-25-10-7-8-11-29(25)32(31(26)24-15-19-27(34-3)20-16-24)36-28-17-12-23(13-18-28)14-21-30(33)35-5-2/h7-8,10-22H,4-6,9H2,1-3H3. The molecule has 0 radical (unpaired) electrons. The highest BCUT2D eigenvalue weighted by Gasteiger charge is 2.17. The molecule has 4 rings (SSSR count). The number of hydrogen-bond acceptors (Lipinski definition) is 4. The maximum Gasteiger partial charge on any atom is 0.330 e. The Bertz CT molecular complexity index is 1340. The first-order valence-corrected chi connectivity index (χ1v) is 12.4. The van der Waals surface area contributed by atoms with Crippen LogP contribution in [0, 0.1) is 0 Å². The third kappa shape index (κ3) is 5.95. The molecule has 0 fully saturated rings. The summed E-state index contributed by atoms with van der Waals surface area (Å²) in [6, 6.07) is 26.5. The summed E-state index contributed by atoms with van der Waals surface area (Å²) in [4.78, 5) is 11.6. The van der Waals surface area contributed by atoms with Crippen LogP contribution in [0.2, 0.25) is 0 Å². The highest BCUT2D eigenvalue weighted by molar-refractivity contribution is 5.97. The maximum absolute atomic E-state index is 11.6. The smallest absolute Gasteiger partial charge is 0.330 e. The first-order chi connectivity index (χ1) is 17.6. The number of methoxy groups -OCH3 is 1. The van der Waals surface area contributed by atoms with Gasteiger partial charge in [-0.1, -0.05) is 67.9 Å². The number of unbranched alkanes of at least 4 members (excludes halogenated alkanes) is 1. The van der Waals surface area contributed by atoms with Gasteiger partial charge in [0.05, 0.1) is 13.7 Å². The fourth-order valence-electron chi connectivity index (χ4n) is 4.23. The Kier molecular flexibility index (Phi) is 8.40. The molecule has 4 heteroatoms. The lowest BCUT2D eigenvalue weighted by atomic mass is 9.91. The van der Waals surface area contributed by atoms with E-state index in [0.717, 1.165) is 64.0 Å². The average Bonchev–Trinajstić information content (AvgIpc) is 2.91. The van der Waals surface area contributed by atoms with Gasteiger partial charge in [0, 0.05) is 17.0 Å². The van der Waals surface area contributed by atoms with Gasteiger partial charge in [0.1, 0.15) is 17.2 Å². The molecule has 0 unspecified atom stereocenters. The minimum atomic E-state index is -0.350. The number of aryl methyl sites for hydroxylation is 1. The number of ether oxygens (including phenoxy) is 3. The number of carbonyl (C=O) groups excluding carboxylic acids is 1. The zero-order valence-corrected chi connectivity index (χ0v) is 21.1. The van der Waals surface area contributed by atoms with Crippen molar-refractivity contribution in [2.24, 2.45) is 0 Å². The van der Waals surface area contributed by atoms with Crippen LogP contribution < -0.4 is 9.47 Å². The van der Waals surface area contributed by atoms with Crippen molar-refractivity contribution < 1.29 is 19.0 Å². The molecule has 0 saturated carbocycles. The van der Waals surface area contributed by atoms with Gasteiger partial charge in [0.25, 0.3) is 0 Å². The fourth-order valence-corrected chi connectivity index (χ4v) is 4.23. The second-order valence-corrected chi connectivity index (χ2v) is 8.55. The zero-order chi connectivity index (χ0) is 25.3. The first kappa shape index (κ1) is 25.1. The molecule has 0 aromatic heterocycles. The van der Waals surface area contributed by atoms with Gasteiger partial charge in [-0.2, -0.15) is 0 Å². The van der Waals surface area contributed by atoms with Gasteiger partial charge in [-0.25, -0.2) is 4.79 Å². The van der Waals surface area contributed by atoms with E-state index < -0.39 is 0 Å². The molecule has 0 heterocycles. The summed E-state index contributed by atoms with van der Waals surface area (Å²) in [6.07, 6.45) is 6.36. The summed E-state index contributed by atoms with van der Waals surface area (Å²) in [6.45, 7) is 4.36. The minimum absolute atomic E-state index is 0.350. The molecule has 0 N–H and O–H groups in total. The first-order valence-electron chi connectivity index (χ1n) is 12.4. The molecule has 4 aromatic carbocycles. The number of fused-ring (bicyclic) bond motifs is 1. The van der Waals surface area contributed by atoms with Crippen molar-refractivity contribution in [1.82, 2.24) is 0 Å². The normalized spacial score (nSPS) is 11.1. The van der Waals surface area contributed by atoms with Crippen LogP contribution in [-0.2, 0) is 16.0 Å². The van der Waals surface area contributed by atoms with Crippen molar-refractivity contribution in [3.05, 3.63) is 96.1 Å². The topological polar surface area (TPSA) is 44.8 Å². The molecule has 0 bridgehead atoms. The van der Waals surface area contributed by atoms with Gasteiger partial charge in [-0.3, -0.25) is 0 Å². The maximum atomic E-state index is 11.6. The van der Waals surface area contributed by atoms with E-state index in [2.05, 4.69) is 43.3 Å². The highest BCUT2D eigenvalue weighted by Crippen LogP contribution is 2.43. The van der Waals surface area contributed by atoms with Gasteiger partial charge >= 0.3 is 5.97 Å². The molecule has 4 nitrogen and oxygen atoms in total. The highest BCUT2D eigenvalue weighted by atomic mass is 16.5. The van der Waals surface area contributed by atoms with Gasteiger partial charge < -0.3 is 14.2 Å². The average molecular weight is 481 g/mol. The van der Waals surface area contributed by atoms with E-state index in [1.807, 2.05) is 42.5 Å². The summed E-state index contributed by atoms with van der Waals surface area (Å²) in [5.74, 6) is 2.05. The fraction of sp³-hybridized carbons (Fsp3) is 0.219. The van der Waals surface area contributed by atoms with E-state index in [-0.39, 0.29) is 5.97 Å². The van der Waals surface area contributed by atoms with E-state index in [4.69, 9.17) is 14.2 Å². The van der Waals surface area contributed by atoms with Gasteiger partial charge in [-0.05, 0) is 72.2 Å². The van der Waals surface area contributed by atoms with Crippen LogP contribution in [0.25, 0.3) is 28.0 Å². The number of rotatable bonds is 10. The van der Waals surface area contributed by atoms with Gasteiger partial charge in [-0.15, -0.1) is 0 Å². The van der Waals surface area contributed by atoms with Crippen LogP contribution in [0.3, 0.4) is 0 Å². The molecule has 184 valence electrons. The molecule has 0 aliphatic rings. The molecule has 4 aromatic rings. The molecule has 0 aliphatic carbocycles. The third-order valence-electron chi connectivity index (χ3n) is 6.06. The lowest BCUT2D eigenvalue weighted by Gasteiger charge is -2.19. The van der Waals surface area contributed by atoms with E-state index >= 15 is 0 Å². The van der Waals surface area contributed by atoms with Crippen LogP contribution in [0.15, 0.2) is 84.9 Å². The number of benzene rings is 4. The summed E-state index contributed by atoms with van der Waals surface area (Å²) < 4.78 is 17.0. The zero-order valence-electron chi connectivity index (χ0n) is 21.1. The molecule has 36 heavy (non-hydrogen) atoms. The Labute approximate surface area is 213 Å². The Morgan fingerprint density at radius 1 is 0.889 bits per heavy atom. The molecule has 0 aliphatic heterocycles. The largest absolute Gasteiger partial charge is 0.497 e. The van der Waals surface area contributed by atoms with Crippen molar-refractivity contribution in [2.75, 3.05) is 13.7 Å². The predicted molar refractivity (Wildman–Crippen MR) is 147 cm³/mol. The molecular formula is C32H32O4. The van der Waals surface area contributed by atoms with Crippen molar-refractivity contribution >= 4 is 22.8 Å². The number of esters is 1. The monoisotopic (exact) mass is 480 g/mol. The van der Waals surface area contributed by atoms with Crippen molar-refractivity contribution in [1.29, 1.82) is 0 Å². The molecular weight excluding hydrogens is 448 g/mol. The van der Waals surface area contributed by atoms with E-state index in [0.29, 0.717) is 6.61 Å². The van der Waals surface area contributed by atoms with Crippen LogP contribution in [0.5, 0.6) is 17.2 Å². The van der Waals surface area contributed by atoms with E-state index in [1.165, 1.54) is 11.6 Å². The second-order valence-electron chi connectivity index (χ2n) is 8.55. The summed E-state index contributed by atoms with van der Waals surface area (Å²) >= 11 is 0. The van der Waals surface area contributed by atoms with Crippen molar-refractivity contribution in [2.45, 2.75) is 33.1 Å². The van der Waals surface area contributed by atoms with Gasteiger partial charge in [0.2, 0.25) is 0 Å². The Balaban J connectivity index is 1.77. The summed E-state index contributed by atoms with van der Waals surface area (Å²) in [5.41, 5.74) is 4.37. The molecule has 0 spiro atoms. The summed E-state index contributed by atoms with van der Waals surface area (Å²) in [7, 11) is 1.68. The lowest BCUT2D eigenvalue weighted by molar-refractivity contribution is -0.137. The lowest BCUT2D eigenvalue weighted by Crippen LogP contribution is -1.98. The van der Waals surface area contributed by atoms with Gasteiger partial charge in [0.15, 0.2) is 0 Å². The quantitative estimate of drug-likeness (QED) is 0.169. The number of hydrogen-bond donors (Lipinski definition) is 0.